The SMILES string of the molecule is O=C(O)C1CCN(c2cc(C(F)(F)F)ccc2CN2CCN(C(=O)OC(C(F)(F)F)C(F)(F)F)CC2)C1. The van der Waals surface area contributed by atoms with E-state index in [-0.39, 0.29) is 57.9 Å². The van der Waals surface area contributed by atoms with E-state index in [0.717, 1.165) is 12.1 Å². The predicted octanol–water partition coefficient (Wildman–Crippen LogP) is 4.36. The minimum absolute atomic E-state index is 0.00282. The molecule has 0 aromatic heterocycles. The molecule has 2 aliphatic heterocycles. The number of alkyl halides is 9. The third kappa shape index (κ3) is 7.11. The Balaban J connectivity index is 1.68. The van der Waals surface area contributed by atoms with Crippen molar-refractivity contribution in [2.75, 3.05) is 44.2 Å². The fraction of sp³-hybridized carbons (Fsp3) is 0.619. The number of carboxylic acids is 1. The van der Waals surface area contributed by atoms with Crippen LogP contribution in [0.5, 0.6) is 0 Å². The van der Waals surface area contributed by atoms with E-state index < -0.39 is 48.2 Å². The summed E-state index contributed by atoms with van der Waals surface area (Å²) in [6, 6.07) is 3.03. The van der Waals surface area contributed by atoms with Crippen LogP contribution in [0.2, 0.25) is 0 Å². The summed E-state index contributed by atoms with van der Waals surface area (Å²) in [6.45, 7) is -0.290. The Bertz CT molecular complexity index is 975. The fourth-order valence-corrected chi connectivity index (χ4v) is 4.17. The number of ether oxygens (including phenoxy) is 1. The number of hydrogen-bond acceptors (Lipinski definition) is 5. The van der Waals surface area contributed by atoms with E-state index in [4.69, 9.17) is 0 Å². The molecule has 2 heterocycles. The molecule has 7 nitrogen and oxygen atoms in total. The standard InChI is InChI=1S/C21H22F9N3O4/c22-19(23,24)14-2-1-12(15(9-14)33-4-3-13(11-33)16(34)35)10-31-5-7-32(8-6-31)18(36)37-17(20(25,26)27)21(28,29)30/h1-2,9,13,17H,3-8,10-11H2,(H,34,35). The highest BCUT2D eigenvalue weighted by Crippen LogP contribution is 2.37. The second kappa shape index (κ2) is 10.5. The van der Waals surface area contributed by atoms with Gasteiger partial charge in [0.15, 0.2) is 0 Å². The molecule has 2 aliphatic rings. The van der Waals surface area contributed by atoms with Crippen LogP contribution in [-0.2, 0) is 22.3 Å². The van der Waals surface area contributed by atoms with Crippen LogP contribution in [0.25, 0.3) is 0 Å². The maximum atomic E-state index is 13.3. The molecule has 1 aromatic carbocycles. The molecule has 1 aromatic rings. The number of benzene rings is 1. The maximum Gasteiger partial charge on any atom is 0.434 e. The van der Waals surface area contributed by atoms with E-state index >= 15 is 0 Å². The van der Waals surface area contributed by atoms with Gasteiger partial charge in [-0.2, -0.15) is 39.5 Å². The van der Waals surface area contributed by atoms with Gasteiger partial charge in [-0.3, -0.25) is 9.69 Å². The van der Waals surface area contributed by atoms with Crippen LogP contribution < -0.4 is 4.90 Å². The first-order valence-corrected chi connectivity index (χ1v) is 11.0. The molecule has 1 atom stereocenters. The van der Waals surface area contributed by atoms with Gasteiger partial charge in [0.25, 0.3) is 6.10 Å². The minimum atomic E-state index is -5.84. The summed E-state index contributed by atoms with van der Waals surface area (Å²) >= 11 is 0. The lowest BCUT2D eigenvalue weighted by molar-refractivity contribution is -0.308. The number of anilines is 1. The second-order valence-corrected chi connectivity index (χ2v) is 8.72. The van der Waals surface area contributed by atoms with E-state index in [1.165, 1.54) is 11.0 Å². The molecule has 1 unspecified atom stereocenters. The summed E-state index contributed by atoms with van der Waals surface area (Å²) in [4.78, 5) is 27.1. The highest BCUT2D eigenvalue weighted by atomic mass is 19.4. The number of halogens is 9. The second-order valence-electron chi connectivity index (χ2n) is 8.72. The first kappa shape index (κ1) is 28.7. The molecule has 0 saturated carbocycles. The van der Waals surface area contributed by atoms with Gasteiger partial charge in [-0.05, 0) is 24.1 Å². The Morgan fingerprint density at radius 1 is 0.946 bits per heavy atom. The van der Waals surface area contributed by atoms with Gasteiger partial charge in [0, 0.05) is 51.5 Å². The Hall–Kier alpha value is -2.91. The lowest BCUT2D eigenvalue weighted by Gasteiger charge is -2.36. The number of carbonyl (C=O) groups is 2. The van der Waals surface area contributed by atoms with Crippen molar-refractivity contribution >= 4 is 17.7 Å². The van der Waals surface area contributed by atoms with Crippen LogP contribution >= 0.6 is 0 Å². The van der Waals surface area contributed by atoms with Crippen molar-refractivity contribution in [2.45, 2.75) is 37.6 Å². The summed E-state index contributed by atoms with van der Waals surface area (Å²) in [5, 5.41) is 9.22. The molecule has 208 valence electrons. The van der Waals surface area contributed by atoms with Crippen molar-refractivity contribution in [2.24, 2.45) is 5.92 Å². The van der Waals surface area contributed by atoms with Gasteiger partial charge in [-0.1, -0.05) is 6.07 Å². The van der Waals surface area contributed by atoms with Crippen LogP contribution in [0.15, 0.2) is 18.2 Å². The molecular weight excluding hydrogens is 529 g/mol. The monoisotopic (exact) mass is 551 g/mol. The van der Waals surface area contributed by atoms with Gasteiger partial charge >= 0.3 is 30.6 Å². The van der Waals surface area contributed by atoms with Crippen LogP contribution in [0.1, 0.15) is 17.5 Å². The Kier molecular flexibility index (Phi) is 8.10. The molecule has 16 heteroatoms. The van der Waals surface area contributed by atoms with Gasteiger partial charge in [0.1, 0.15) is 0 Å². The van der Waals surface area contributed by atoms with Crippen LogP contribution in [0.4, 0.5) is 50.0 Å². The number of amides is 1. The van der Waals surface area contributed by atoms with Crippen molar-refractivity contribution < 1.29 is 58.9 Å². The smallest absolute Gasteiger partial charge is 0.434 e. The molecule has 1 N–H and O–H groups in total. The van der Waals surface area contributed by atoms with Gasteiger partial charge in [-0.15, -0.1) is 0 Å². The third-order valence-electron chi connectivity index (χ3n) is 6.13. The zero-order chi connectivity index (χ0) is 27.8. The Morgan fingerprint density at radius 2 is 1.54 bits per heavy atom. The average molecular weight is 551 g/mol. The minimum Gasteiger partial charge on any atom is -0.481 e. The van der Waals surface area contributed by atoms with Crippen molar-refractivity contribution in [3.63, 3.8) is 0 Å². The lowest BCUT2D eigenvalue weighted by atomic mass is 10.1. The zero-order valence-corrected chi connectivity index (χ0v) is 19.0. The molecule has 2 saturated heterocycles. The van der Waals surface area contributed by atoms with Gasteiger partial charge in [0.2, 0.25) is 0 Å². The topological polar surface area (TPSA) is 73.3 Å². The molecule has 3 rings (SSSR count). The molecular formula is C21H22F9N3O4. The normalized spacial score (nSPS) is 20.0. The largest absolute Gasteiger partial charge is 0.481 e. The van der Waals surface area contributed by atoms with Crippen molar-refractivity contribution in [1.29, 1.82) is 0 Å². The highest BCUT2D eigenvalue weighted by Gasteiger charge is 2.60. The number of aliphatic carboxylic acids is 1. The molecule has 37 heavy (non-hydrogen) atoms. The number of nitrogens with zero attached hydrogens (tertiary/aromatic N) is 3. The van der Waals surface area contributed by atoms with Crippen molar-refractivity contribution in [3.8, 4) is 0 Å². The fourth-order valence-electron chi connectivity index (χ4n) is 4.17. The van der Waals surface area contributed by atoms with Gasteiger partial charge in [-0.25, -0.2) is 4.79 Å². The first-order valence-electron chi connectivity index (χ1n) is 11.0. The third-order valence-corrected chi connectivity index (χ3v) is 6.13. The number of carboxylic acid groups (broad SMARTS) is 1. The van der Waals surface area contributed by atoms with Crippen LogP contribution in [0, 0.1) is 5.92 Å². The molecule has 2 fully saturated rings. The highest BCUT2D eigenvalue weighted by molar-refractivity contribution is 5.72. The molecule has 0 bridgehead atoms. The van der Waals surface area contributed by atoms with Crippen molar-refractivity contribution in [3.05, 3.63) is 29.3 Å². The molecule has 1 amide bonds. The lowest BCUT2D eigenvalue weighted by Crippen LogP contribution is -2.52. The summed E-state index contributed by atoms with van der Waals surface area (Å²) in [6.07, 6.45) is -22.1. The van der Waals surface area contributed by atoms with Crippen molar-refractivity contribution in [1.82, 2.24) is 9.80 Å². The van der Waals surface area contributed by atoms with Crippen LogP contribution in [-0.4, -0.2) is 84.7 Å². The molecule has 0 radical (unpaired) electrons. The Morgan fingerprint density at radius 3 is 2.03 bits per heavy atom. The van der Waals surface area contributed by atoms with Crippen LogP contribution in [0.3, 0.4) is 0 Å². The predicted molar refractivity (Wildman–Crippen MR) is 109 cm³/mol. The summed E-state index contributed by atoms with van der Waals surface area (Å²) < 4.78 is 119. The van der Waals surface area contributed by atoms with Gasteiger partial charge in [0.05, 0.1) is 11.5 Å². The van der Waals surface area contributed by atoms with E-state index in [1.54, 1.807) is 4.90 Å². The zero-order valence-electron chi connectivity index (χ0n) is 19.0. The Labute approximate surface area is 204 Å². The van der Waals surface area contributed by atoms with E-state index in [2.05, 4.69) is 4.74 Å². The van der Waals surface area contributed by atoms with E-state index in [0.29, 0.717) is 10.5 Å². The first-order chi connectivity index (χ1) is 17.0. The number of rotatable bonds is 5. The summed E-state index contributed by atoms with van der Waals surface area (Å²) in [5.74, 6) is -1.83. The number of piperazine rings is 1. The molecule has 0 aliphatic carbocycles. The quantitative estimate of drug-likeness (QED) is 0.549. The van der Waals surface area contributed by atoms with E-state index in [9.17, 15) is 54.2 Å². The molecule has 0 spiro atoms. The maximum absolute atomic E-state index is 13.3. The van der Waals surface area contributed by atoms with E-state index in [1.807, 2.05) is 0 Å². The average Bonchev–Trinajstić information content (AvgIpc) is 3.26. The summed E-state index contributed by atoms with van der Waals surface area (Å²) in [5.41, 5.74) is -0.329. The van der Waals surface area contributed by atoms with Gasteiger partial charge < -0.3 is 19.6 Å². The number of hydrogen-bond donors (Lipinski definition) is 1. The summed E-state index contributed by atoms with van der Waals surface area (Å²) in [7, 11) is 0. The number of carbonyl (C=O) groups excluding carboxylic acids is 1.